The quantitative estimate of drug-likeness (QED) is 0.854. The van der Waals surface area contributed by atoms with Crippen molar-refractivity contribution in [3.8, 4) is 0 Å². The summed E-state index contributed by atoms with van der Waals surface area (Å²) in [4.78, 5) is 12.1. The number of carbonyl (C=O) groups is 1. The van der Waals surface area contributed by atoms with Gasteiger partial charge in [-0.25, -0.2) is 12.7 Å². The zero-order valence-electron chi connectivity index (χ0n) is 14.8. The van der Waals surface area contributed by atoms with Gasteiger partial charge in [-0.3, -0.25) is 4.79 Å². The highest BCUT2D eigenvalue weighted by atomic mass is 32.2. The Morgan fingerprint density at radius 3 is 2.29 bits per heavy atom. The van der Waals surface area contributed by atoms with Gasteiger partial charge in [0.15, 0.2) is 0 Å². The molecule has 24 heavy (non-hydrogen) atoms. The van der Waals surface area contributed by atoms with Crippen molar-refractivity contribution in [1.82, 2.24) is 9.62 Å². The second-order valence-electron chi connectivity index (χ2n) is 6.90. The van der Waals surface area contributed by atoms with E-state index >= 15 is 0 Å². The molecule has 0 aliphatic carbocycles. The predicted octanol–water partition coefficient (Wildman–Crippen LogP) is 2.28. The Morgan fingerprint density at radius 1 is 1.21 bits per heavy atom. The number of piperidine rings is 1. The fourth-order valence-electron chi connectivity index (χ4n) is 2.96. The standard InChI is InChI=1S/C18H28N2O3S/c1-14(2)16-7-4-15(5-8-16)6-9-18(21)19-17-10-12-20(13-11-17)24(3,22)23/h4-5,7-8,14,17H,6,9-13H2,1-3H3,(H,19,21). The Kier molecular flexibility index (Phi) is 6.40. The van der Waals surface area contributed by atoms with E-state index in [-0.39, 0.29) is 11.9 Å². The van der Waals surface area contributed by atoms with E-state index in [1.54, 1.807) is 0 Å². The highest BCUT2D eigenvalue weighted by molar-refractivity contribution is 7.88. The first kappa shape index (κ1) is 18.9. The average molecular weight is 353 g/mol. The minimum atomic E-state index is -3.11. The molecule has 1 aliphatic heterocycles. The number of amides is 1. The van der Waals surface area contributed by atoms with Gasteiger partial charge in [-0.15, -0.1) is 0 Å². The van der Waals surface area contributed by atoms with Gasteiger partial charge >= 0.3 is 0 Å². The molecule has 1 saturated heterocycles. The maximum Gasteiger partial charge on any atom is 0.220 e. The average Bonchev–Trinajstić information content (AvgIpc) is 2.53. The summed E-state index contributed by atoms with van der Waals surface area (Å²) in [7, 11) is -3.11. The summed E-state index contributed by atoms with van der Waals surface area (Å²) >= 11 is 0. The molecule has 2 rings (SSSR count). The first-order valence-electron chi connectivity index (χ1n) is 8.59. The Balaban J connectivity index is 1.74. The second-order valence-corrected chi connectivity index (χ2v) is 8.88. The number of hydrogen-bond donors (Lipinski definition) is 1. The van der Waals surface area contributed by atoms with Gasteiger partial charge in [0.2, 0.25) is 15.9 Å². The van der Waals surface area contributed by atoms with Gasteiger partial charge in [-0.1, -0.05) is 38.1 Å². The molecule has 1 aliphatic rings. The first-order valence-corrected chi connectivity index (χ1v) is 10.4. The van der Waals surface area contributed by atoms with Gasteiger partial charge in [-0.2, -0.15) is 0 Å². The Hall–Kier alpha value is -1.40. The van der Waals surface area contributed by atoms with Gasteiger partial charge < -0.3 is 5.32 Å². The van der Waals surface area contributed by atoms with Crippen LogP contribution in [0.5, 0.6) is 0 Å². The second kappa shape index (κ2) is 8.12. The summed E-state index contributed by atoms with van der Waals surface area (Å²) in [5.74, 6) is 0.556. The summed E-state index contributed by atoms with van der Waals surface area (Å²) in [6.45, 7) is 5.30. The highest BCUT2D eigenvalue weighted by Gasteiger charge is 2.25. The molecule has 134 valence electrons. The Bertz CT molecular complexity index is 645. The van der Waals surface area contributed by atoms with Crippen molar-refractivity contribution < 1.29 is 13.2 Å². The van der Waals surface area contributed by atoms with E-state index in [4.69, 9.17) is 0 Å². The molecule has 5 nitrogen and oxygen atoms in total. The molecule has 0 atom stereocenters. The zero-order valence-corrected chi connectivity index (χ0v) is 15.6. The molecule has 0 saturated carbocycles. The Morgan fingerprint density at radius 2 is 1.79 bits per heavy atom. The SMILES string of the molecule is CC(C)c1ccc(CCC(=O)NC2CCN(S(C)(=O)=O)CC2)cc1. The number of hydrogen-bond acceptors (Lipinski definition) is 3. The Labute approximate surface area is 145 Å². The van der Waals surface area contributed by atoms with Crippen LogP contribution < -0.4 is 5.32 Å². The van der Waals surface area contributed by atoms with Crippen molar-refractivity contribution >= 4 is 15.9 Å². The lowest BCUT2D eigenvalue weighted by Gasteiger charge is -2.30. The fraction of sp³-hybridized carbons (Fsp3) is 0.611. The maximum atomic E-state index is 12.1. The molecule has 0 bridgehead atoms. The summed E-state index contributed by atoms with van der Waals surface area (Å²) < 4.78 is 24.4. The molecule has 6 heteroatoms. The van der Waals surface area contributed by atoms with Crippen molar-refractivity contribution in [2.24, 2.45) is 0 Å². The summed E-state index contributed by atoms with van der Waals surface area (Å²) in [6, 6.07) is 8.51. The van der Waals surface area contributed by atoms with Crippen LogP contribution in [-0.4, -0.2) is 44.0 Å². The normalized spacial score (nSPS) is 17.2. The number of nitrogens with zero attached hydrogens (tertiary/aromatic N) is 1. The number of benzene rings is 1. The van der Waals surface area contributed by atoms with E-state index in [2.05, 4.69) is 43.4 Å². The summed E-state index contributed by atoms with van der Waals surface area (Å²) in [5, 5.41) is 3.03. The van der Waals surface area contributed by atoms with E-state index in [9.17, 15) is 13.2 Å². The van der Waals surface area contributed by atoms with Gasteiger partial charge in [-0.05, 0) is 36.3 Å². The minimum Gasteiger partial charge on any atom is -0.353 e. The van der Waals surface area contributed by atoms with Crippen LogP contribution in [0.1, 0.15) is 50.2 Å². The van der Waals surface area contributed by atoms with Crippen molar-refractivity contribution in [1.29, 1.82) is 0 Å². The van der Waals surface area contributed by atoms with Crippen LogP contribution in [-0.2, 0) is 21.2 Å². The number of nitrogens with one attached hydrogen (secondary N) is 1. The van der Waals surface area contributed by atoms with E-state index in [1.165, 1.54) is 21.7 Å². The number of aryl methyl sites for hydroxylation is 1. The number of carbonyl (C=O) groups excluding carboxylic acids is 1. The van der Waals surface area contributed by atoms with Gasteiger partial charge in [0.05, 0.1) is 6.26 Å². The fourth-order valence-corrected chi connectivity index (χ4v) is 3.83. The van der Waals surface area contributed by atoms with Crippen LogP contribution in [0.3, 0.4) is 0 Å². The molecule has 1 fully saturated rings. The van der Waals surface area contributed by atoms with E-state index < -0.39 is 10.0 Å². The first-order chi connectivity index (χ1) is 11.3. The van der Waals surface area contributed by atoms with E-state index in [1.807, 2.05) is 0 Å². The van der Waals surface area contributed by atoms with Gasteiger partial charge in [0.1, 0.15) is 0 Å². The largest absolute Gasteiger partial charge is 0.353 e. The third-order valence-corrected chi connectivity index (χ3v) is 5.88. The van der Waals surface area contributed by atoms with Crippen LogP contribution in [0.25, 0.3) is 0 Å². The van der Waals surface area contributed by atoms with Crippen molar-refractivity contribution in [3.63, 3.8) is 0 Å². The molecular formula is C18H28N2O3S. The van der Waals surface area contributed by atoms with Crippen LogP contribution in [0.2, 0.25) is 0 Å². The monoisotopic (exact) mass is 352 g/mol. The molecule has 1 aromatic rings. The number of rotatable bonds is 6. The molecule has 1 aromatic carbocycles. The third-order valence-electron chi connectivity index (χ3n) is 4.58. The van der Waals surface area contributed by atoms with E-state index in [0.29, 0.717) is 38.3 Å². The predicted molar refractivity (Wildman–Crippen MR) is 96.4 cm³/mol. The van der Waals surface area contributed by atoms with Crippen LogP contribution >= 0.6 is 0 Å². The highest BCUT2D eigenvalue weighted by Crippen LogP contribution is 2.16. The molecule has 1 N–H and O–H groups in total. The molecule has 0 spiro atoms. The smallest absolute Gasteiger partial charge is 0.220 e. The molecule has 0 unspecified atom stereocenters. The zero-order chi connectivity index (χ0) is 17.7. The topological polar surface area (TPSA) is 66.5 Å². The van der Waals surface area contributed by atoms with Crippen molar-refractivity contribution in [3.05, 3.63) is 35.4 Å². The number of sulfonamides is 1. The third kappa shape index (κ3) is 5.60. The lowest BCUT2D eigenvalue weighted by atomic mass is 10.00. The van der Waals surface area contributed by atoms with Crippen molar-refractivity contribution in [2.45, 2.75) is 51.5 Å². The molecule has 0 radical (unpaired) electrons. The molecular weight excluding hydrogens is 324 g/mol. The van der Waals surface area contributed by atoms with Gasteiger partial charge in [0.25, 0.3) is 0 Å². The summed E-state index contributed by atoms with van der Waals surface area (Å²) in [5.41, 5.74) is 2.47. The molecule has 0 aromatic heterocycles. The lowest BCUT2D eigenvalue weighted by Crippen LogP contribution is -2.46. The molecule has 1 heterocycles. The lowest BCUT2D eigenvalue weighted by molar-refractivity contribution is -0.122. The van der Waals surface area contributed by atoms with Crippen LogP contribution in [0.15, 0.2) is 24.3 Å². The maximum absolute atomic E-state index is 12.1. The van der Waals surface area contributed by atoms with Crippen LogP contribution in [0.4, 0.5) is 0 Å². The minimum absolute atomic E-state index is 0.0424. The van der Waals surface area contributed by atoms with Gasteiger partial charge in [0, 0.05) is 25.6 Å². The van der Waals surface area contributed by atoms with Crippen molar-refractivity contribution in [2.75, 3.05) is 19.3 Å². The molecule has 1 amide bonds. The van der Waals surface area contributed by atoms with Crippen LogP contribution in [0, 0.1) is 0 Å². The van der Waals surface area contributed by atoms with E-state index in [0.717, 1.165) is 6.42 Å². The summed E-state index contributed by atoms with van der Waals surface area (Å²) in [6.07, 6.45) is 3.79.